The van der Waals surface area contributed by atoms with Gasteiger partial charge in [0.1, 0.15) is 29.7 Å². The highest BCUT2D eigenvalue weighted by atomic mass is 16.5. The Kier molecular flexibility index (Phi) is 8.20. The number of amidine groups is 1. The second kappa shape index (κ2) is 11.7. The molecule has 2 aliphatic heterocycles. The maximum absolute atomic E-state index is 12.9. The van der Waals surface area contributed by atoms with Gasteiger partial charge in [0, 0.05) is 23.4 Å². The monoisotopic (exact) mass is 535 g/mol. The van der Waals surface area contributed by atoms with E-state index in [-0.39, 0.29) is 30.6 Å². The molecule has 7 N–H and O–H groups in total. The Morgan fingerprint density at radius 1 is 1.21 bits per heavy atom. The van der Waals surface area contributed by atoms with E-state index in [0.29, 0.717) is 35.5 Å². The Labute approximate surface area is 223 Å². The van der Waals surface area contributed by atoms with Gasteiger partial charge in [0.15, 0.2) is 0 Å². The first-order chi connectivity index (χ1) is 18.7. The fraction of sp³-hybridized carbons (Fsp3) is 0.308. The van der Waals surface area contributed by atoms with Crippen molar-refractivity contribution in [2.24, 2.45) is 10.7 Å². The van der Waals surface area contributed by atoms with E-state index < -0.39 is 36.1 Å². The smallest absolute Gasteiger partial charge is 0.330 e. The lowest BCUT2D eigenvalue weighted by atomic mass is 10.1. The standard InChI is InChI=1S/C26H29N7O6/c1-2-39-25(37)19(31-23(35)20-21(34)16-5-3-4-6-17(16)30-20)13-29-26(38)32-18-11-12-33(24(18)36)15-9-7-14(8-10-15)22(27)28/h3-10,18-19,21,34H,2,11-13H2,1H3,(H3,27,28)(H,31,35)(H2,29,32,38)/t18?,19-,21?/m0/s1. The van der Waals surface area contributed by atoms with Crippen molar-refractivity contribution >= 4 is 46.7 Å². The molecule has 39 heavy (non-hydrogen) atoms. The predicted molar refractivity (Wildman–Crippen MR) is 142 cm³/mol. The average Bonchev–Trinajstić information content (AvgIpc) is 3.46. The number of hydrogen-bond acceptors (Lipinski definition) is 8. The van der Waals surface area contributed by atoms with Crippen LogP contribution in [-0.4, -0.2) is 72.2 Å². The number of esters is 1. The molecule has 2 unspecified atom stereocenters. The Balaban J connectivity index is 1.33. The minimum absolute atomic E-state index is 0.0478. The Hall–Kier alpha value is -4.78. The summed E-state index contributed by atoms with van der Waals surface area (Å²) in [6, 6.07) is 10.6. The first-order valence-electron chi connectivity index (χ1n) is 12.3. The lowest BCUT2D eigenvalue weighted by Crippen LogP contribution is -2.54. The van der Waals surface area contributed by atoms with Crippen LogP contribution in [0.5, 0.6) is 0 Å². The molecule has 2 aliphatic rings. The molecule has 4 rings (SSSR count). The van der Waals surface area contributed by atoms with Gasteiger partial charge in [-0.1, -0.05) is 18.2 Å². The summed E-state index contributed by atoms with van der Waals surface area (Å²) < 4.78 is 5.02. The highest BCUT2D eigenvalue weighted by molar-refractivity contribution is 6.42. The van der Waals surface area contributed by atoms with Crippen molar-refractivity contribution in [1.82, 2.24) is 16.0 Å². The van der Waals surface area contributed by atoms with Gasteiger partial charge in [-0.05, 0) is 43.7 Å². The molecular formula is C26H29N7O6. The van der Waals surface area contributed by atoms with Crippen LogP contribution >= 0.6 is 0 Å². The number of carbonyl (C=O) groups excluding carboxylic acids is 4. The zero-order valence-electron chi connectivity index (χ0n) is 21.1. The third-order valence-electron chi connectivity index (χ3n) is 6.31. The van der Waals surface area contributed by atoms with Gasteiger partial charge in [0.05, 0.1) is 18.8 Å². The molecular weight excluding hydrogens is 506 g/mol. The lowest BCUT2D eigenvalue weighted by Gasteiger charge is -2.20. The second-order valence-electron chi connectivity index (χ2n) is 8.88. The molecule has 2 aromatic carbocycles. The van der Waals surface area contributed by atoms with Crippen molar-refractivity contribution in [3.63, 3.8) is 0 Å². The summed E-state index contributed by atoms with van der Waals surface area (Å²) in [6.45, 7) is 1.69. The number of nitrogen functional groups attached to an aromatic ring is 1. The van der Waals surface area contributed by atoms with Gasteiger partial charge in [0.25, 0.3) is 5.91 Å². The number of urea groups is 1. The van der Waals surface area contributed by atoms with Crippen LogP contribution in [0.3, 0.4) is 0 Å². The number of aliphatic hydroxyl groups excluding tert-OH is 1. The molecule has 3 atom stereocenters. The maximum atomic E-state index is 12.9. The number of rotatable bonds is 9. The summed E-state index contributed by atoms with van der Waals surface area (Å²) in [6.07, 6.45) is -0.896. The first kappa shape index (κ1) is 27.3. The number of amides is 4. The van der Waals surface area contributed by atoms with Gasteiger partial charge in [-0.3, -0.25) is 15.0 Å². The van der Waals surface area contributed by atoms with Crippen LogP contribution in [0.15, 0.2) is 53.5 Å². The second-order valence-corrected chi connectivity index (χ2v) is 8.88. The number of anilines is 1. The molecule has 2 aromatic rings. The van der Waals surface area contributed by atoms with Gasteiger partial charge < -0.3 is 36.4 Å². The minimum atomic E-state index is -1.27. The van der Waals surface area contributed by atoms with E-state index >= 15 is 0 Å². The van der Waals surface area contributed by atoms with Gasteiger partial charge in [-0.2, -0.15) is 0 Å². The highest BCUT2D eigenvalue weighted by Gasteiger charge is 2.35. The third kappa shape index (κ3) is 6.04. The highest BCUT2D eigenvalue weighted by Crippen LogP contribution is 2.33. The minimum Gasteiger partial charge on any atom is -0.464 e. The molecule has 4 amide bonds. The van der Waals surface area contributed by atoms with E-state index in [2.05, 4.69) is 20.9 Å². The van der Waals surface area contributed by atoms with Gasteiger partial charge in [-0.25, -0.2) is 14.6 Å². The number of nitrogens with zero attached hydrogens (tertiary/aromatic N) is 2. The van der Waals surface area contributed by atoms with Crippen molar-refractivity contribution in [2.75, 3.05) is 24.6 Å². The summed E-state index contributed by atoms with van der Waals surface area (Å²) in [5.41, 5.74) is 7.35. The molecule has 0 radical (unpaired) electrons. The van der Waals surface area contributed by atoms with Gasteiger partial charge in [-0.15, -0.1) is 0 Å². The summed E-state index contributed by atoms with van der Waals surface area (Å²) >= 11 is 0. The van der Waals surface area contributed by atoms with Crippen LogP contribution in [0.1, 0.15) is 30.6 Å². The van der Waals surface area contributed by atoms with Crippen molar-refractivity contribution < 1.29 is 29.0 Å². The van der Waals surface area contributed by atoms with E-state index in [0.717, 1.165) is 0 Å². The van der Waals surface area contributed by atoms with Crippen LogP contribution in [0.2, 0.25) is 0 Å². The van der Waals surface area contributed by atoms with Crippen LogP contribution in [0.25, 0.3) is 0 Å². The number of para-hydroxylation sites is 1. The largest absolute Gasteiger partial charge is 0.464 e. The topological polar surface area (TPSA) is 199 Å². The summed E-state index contributed by atoms with van der Waals surface area (Å²) in [5.74, 6) is -1.96. The van der Waals surface area contributed by atoms with Crippen LogP contribution in [0.4, 0.5) is 16.2 Å². The zero-order chi connectivity index (χ0) is 28.1. The number of nitrogens with two attached hydrogens (primary N) is 1. The third-order valence-corrected chi connectivity index (χ3v) is 6.31. The number of nitrogens with one attached hydrogen (secondary N) is 4. The Morgan fingerprint density at radius 3 is 2.59 bits per heavy atom. The molecule has 13 nitrogen and oxygen atoms in total. The Morgan fingerprint density at radius 2 is 1.92 bits per heavy atom. The fourth-order valence-electron chi connectivity index (χ4n) is 4.30. The van der Waals surface area contributed by atoms with Crippen molar-refractivity contribution in [3.8, 4) is 0 Å². The number of benzene rings is 2. The predicted octanol–water partition coefficient (Wildman–Crippen LogP) is 0.243. The number of ether oxygens (including phenoxy) is 1. The summed E-state index contributed by atoms with van der Waals surface area (Å²) in [5, 5.41) is 25.5. The molecule has 204 valence electrons. The molecule has 0 saturated carbocycles. The van der Waals surface area contributed by atoms with E-state index in [9.17, 15) is 24.3 Å². The van der Waals surface area contributed by atoms with Gasteiger partial charge >= 0.3 is 12.0 Å². The van der Waals surface area contributed by atoms with E-state index in [1.165, 1.54) is 4.90 Å². The lowest BCUT2D eigenvalue weighted by molar-refractivity contribution is -0.146. The summed E-state index contributed by atoms with van der Waals surface area (Å²) in [7, 11) is 0. The van der Waals surface area contributed by atoms with Crippen LogP contribution < -0.4 is 26.6 Å². The molecule has 0 spiro atoms. The fourth-order valence-corrected chi connectivity index (χ4v) is 4.30. The molecule has 0 aromatic heterocycles. The number of fused-ring (bicyclic) bond motifs is 1. The van der Waals surface area contributed by atoms with E-state index in [1.807, 2.05) is 0 Å². The first-order valence-corrected chi connectivity index (χ1v) is 12.3. The van der Waals surface area contributed by atoms with Crippen molar-refractivity contribution in [3.05, 3.63) is 59.7 Å². The number of aliphatic imine (C=N–C) groups is 1. The number of aliphatic hydroxyl groups is 1. The normalized spacial score (nSPS) is 18.6. The number of carbonyl (C=O) groups is 4. The molecule has 0 aliphatic carbocycles. The molecule has 0 bridgehead atoms. The van der Waals surface area contributed by atoms with Crippen molar-refractivity contribution in [1.29, 1.82) is 5.41 Å². The number of hydrogen-bond donors (Lipinski definition) is 6. The quantitative estimate of drug-likeness (QED) is 0.150. The maximum Gasteiger partial charge on any atom is 0.330 e. The molecule has 13 heteroatoms. The van der Waals surface area contributed by atoms with Gasteiger partial charge in [0.2, 0.25) is 5.91 Å². The zero-order valence-corrected chi connectivity index (χ0v) is 21.1. The average molecular weight is 536 g/mol. The van der Waals surface area contributed by atoms with Crippen LogP contribution in [0, 0.1) is 5.41 Å². The molecule has 1 saturated heterocycles. The van der Waals surface area contributed by atoms with E-state index in [1.54, 1.807) is 55.5 Å². The Bertz CT molecular complexity index is 1330. The SMILES string of the molecule is CCOC(=O)[C@H](CNC(=O)NC1CCN(c2ccc(C(=N)N)cc2)C1=O)NC(=O)C1=Nc2ccccc2C1O. The molecule has 1 fully saturated rings. The summed E-state index contributed by atoms with van der Waals surface area (Å²) in [4.78, 5) is 56.4. The van der Waals surface area contributed by atoms with E-state index in [4.69, 9.17) is 15.9 Å². The van der Waals surface area contributed by atoms with Crippen molar-refractivity contribution in [2.45, 2.75) is 31.5 Å². The van der Waals surface area contributed by atoms with Crippen LogP contribution in [-0.2, 0) is 19.1 Å². The molecule has 2 heterocycles.